The zero-order chi connectivity index (χ0) is 17.0. The number of aryl methyl sites for hydroxylation is 1. The summed E-state index contributed by atoms with van der Waals surface area (Å²) in [6.45, 7) is 3.61. The molecule has 0 bridgehead atoms. The van der Waals surface area contributed by atoms with Crippen molar-refractivity contribution in [3.63, 3.8) is 0 Å². The van der Waals surface area contributed by atoms with Gasteiger partial charge in [-0.25, -0.2) is 8.42 Å². The average molecular weight is 332 g/mol. The van der Waals surface area contributed by atoms with Crippen LogP contribution in [0.5, 0.6) is 0 Å². The summed E-state index contributed by atoms with van der Waals surface area (Å²) < 4.78 is 27.2. The smallest absolute Gasteiger partial charge is 0.249 e. The molecule has 122 valence electrons. The van der Waals surface area contributed by atoms with Crippen LogP contribution in [0, 0.1) is 6.92 Å². The normalized spacial score (nSPS) is 12.6. The Morgan fingerprint density at radius 1 is 1.17 bits per heavy atom. The summed E-state index contributed by atoms with van der Waals surface area (Å²) in [6, 6.07) is 14.2. The van der Waals surface area contributed by atoms with Crippen molar-refractivity contribution in [1.29, 1.82) is 0 Å². The quantitative estimate of drug-likeness (QED) is 0.852. The molecule has 0 unspecified atom stereocenters. The molecule has 2 aromatic carbocycles. The number of hydrogen-bond acceptors (Lipinski definition) is 3. The second-order valence-electron chi connectivity index (χ2n) is 5.59. The Kier molecular flexibility index (Phi) is 5.05. The van der Waals surface area contributed by atoms with E-state index in [1.807, 2.05) is 37.3 Å². The molecule has 23 heavy (non-hydrogen) atoms. The number of sulfonamides is 1. The number of rotatable bonds is 6. The van der Waals surface area contributed by atoms with Crippen LogP contribution in [0.4, 0.5) is 5.69 Å². The molecule has 0 heterocycles. The lowest BCUT2D eigenvalue weighted by Crippen LogP contribution is -2.21. The summed E-state index contributed by atoms with van der Waals surface area (Å²) in [6.07, 6.45) is 0. The molecule has 0 radical (unpaired) electrons. The van der Waals surface area contributed by atoms with Crippen molar-refractivity contribution in [2.75, 3.05) is 10.5 Å². The number of carbonyl (C=O) groups excluding carboxylic acids is 1. The van der Waals surface area contributed by atoms with Crippen LogP contribution in [0.1, 0.15) is 34.3 Å². The van der Waals surface area contributed by atoms with Gasteiger partial charge in [0.05, 0.1) is 5.75 Å². The van der Waals surface area contributed by atoms with Gasteiger partial charge in [-0.3, -0.25) is 9.52 Å². The minimum absolute atomic E-state index is 0.0448. The summed E-state index contributed by atoms with van der Waals surface area (Å²) in [7, 11) is -3.54. The Hall–Kier alpha value is -2.34. The van der Waals surface area contributed by atoms with E-state index in [1.165, 1.54) is 6.07 Å². The summed E-state index contributed by atoms with van der Waals surface area (Å²) in [5, 5.41) is 0. The first kappa shape index (κ1) is 17.0. The summed E-state index contributed by atoms with van der Waals surface area (Å²) in [5.74, 6) is -0.771. The maximum Gasteiger partial charge on any atom is 0.249 e. The monoisotopic (exact) mass is 332 g/mol. The van der Waals surface area contributed by atoms with Gasteiger partial charge < -0.3 is 5.73 Å². The second kappa shape index (κ2) is 6.83. The Morgan fingerprint density at radius 2 is 1.83 bits per heavy atom. The fourth-order valence-corrected chi connectivity index (χ4v) is 3.80. The van der Waals surface area contributed by atoms with Crippen LogP contribution < -0.4 is 10.5 Å². The first-order chi connectivity index (χ1) is 10.8. The molecule has 1 amide bonds. The number of amides is 1. The van der Waals surface area contributed by atoms with Gasteiger partial charge in [0.15, 0.2) is 0 Å². The van der Waals surface area contributed by atoms with Crippen molar-refractivity contribution >= 4 is 21.6 Å². The van der Waals surface area contributed by atoms with Crippen molar-refractivity contribution < 1.29 is 13.2 Å². The average Bonchev–Trinajstić information content (AvgIpc) is 2.49. The topological polar surface area (TPSA) is 89.3 Å². The summed E-state index contributed by atoms with van der Waals surface area (Å²) in [5.41, 5.74) is 7.60. The molecule has 0 fully saturated rings. The molecule has 2 aromatic rings. The predicted molar refractivity (Wildman–Crippen MR) is 92.0 cm³/mol. The Balaban J connectivity index is 2.15. The molecule has 0 saturated carbocycles. The van der Waals surface area contributed by atoms with Crippen LogP contribution in [0.25, 0.3) is 0 Å². The fraction of sp³-hybridized carbons (Fsp3) is 0.235. The van der Waals surface area contributed by atoms with Gasteiger partial charge in [0, 0.05) is 11.3 Å². The Bertz CT molecular complexity index is 802. The van der Waals surface area contributed by atoms with Gasteiger partial charge in [0.25, 0.3) is 0 Å². The first-order valence-corrected chi connectivity index (χ1v) is 8.89. The van der Waals surface area contributed by atoms with Crippen LogP contribution in [-0.2, 0) is 10.0 Å². The van der Waals surface area contributed by atoms with E-state index in [2.05, 4.69) is 4.72 Å². The van der Waals surface area contributed by atoms with E-state index in [1.54, 1.807) is 19.1 Å². The highest BCUT2D eigenvalue weighted by atomic mass is 32.2. The van der Waals surface area contributed by atoms with Crippen LogP contribution in [-0.4, -0.2) is 20.1 Å². The number of carbonyl (C=O) groups is 1. The van der Waals surface area contributed by atoms with Gasteiger partial charge in [0.2, 0.25) is 15.9 Å². The summed E-state index contributed by atoms with van der Waals surface area (Å²) in [4.78, 5) is 11.3. The molecule has 0 aliphatic heterocycles. The van der Waals surface area contributed by atoms with E-state index in [0.717, 1.165) is 5.56 Å². The van der Waals surface area contributed by atoms with Crippen molar-refractivity contribution in [2.45, 2.75) is 19.8 Å². The lowest BCUT2D eigenvalue weighted by molar-refractivity contribution is 0.0999. The van der Waals surface area contributed by atoms with Crippen molar-refractivity contribution in [3.8, 4) is 0 Å². The van der Waals surface area contributed by atoms with Gasteiger partial charge in [-0.2, -0.15) is 0 Å². The van der Waals surface area contributed by atoms with Crippen LogP contribution in [0.3, 0.4) is 0 Å². The first-order valence-electron chi connectivity index (χ1n) is 7.24. The van der Waals surface area contributed by atoms with Gasteiger partial charge >= 0.3 is 0 Å². The number of primary amides is 1. The minimum Gasteiger partial charge on any atom is -0.366 e. The van der Waals surface area contributed by atoms with Crippen molar-refractivity contribution in [2.24, 2.45) is 5.73 Å². The summed E-state index contributed by atoms with van der Waals surface area (Å²) >= 11 is 0. The van der Waals surface area contributed by atoms with E-state index in [9.17, 15) is 13.2 Å². The molecular formula is C17H20N2O3S. The lowest BCUT2D eigenvalue weighted by Gasteiger charge is -2.14. The molecule has 0 spiro atoms. The maximum absolute atomic E-state index is 12.3. The predicted octanol–water partition coefficient (Wildman–Crippen LogP) is 2.64. The zero-order valence-electron chi connectivity index (χ0n) is 13.1. The molecule has 5 nitrogen and oxygen atoms in total. The second-order valence-corrected chi connectivity index (χ2v) is 7.36. The molecule has 0 aromatic heterocycles. The molecule has 0 aliphatic carbocycles. The molecular weight excluding hydrogens is 312 g/mol. The minimum atomic E-state index is -3.54. The molecule has 0 aliphatic rings. The van der Waals surface area contributed by atoms with Crippen LogP contribution >= 0.6 is 0 Å². The van der Waals surface area contributed by atoms with E-state index in [-0.39, 0.29) is 11.7 Å². The van der Waals surface area contributed by atoms with Crippen molar-refractivity contribution in [1.82, 2.24) is 0 Å². The highest BCUT2D eigenvalue weighted by molar-refractivity contribution is 7.92. The number of hydrogen-bond donors (Lipinski definition) is 2. The molecule has 6 heteroatoms. The zero-order valence-corrected chi connectivity index (χ0v) is 13.9. The molecule has 1 atom stereocenters. The number of nitrogens with one attached hydrogen (secondary N) is 1. The van der Waals surface area contributed by atoms with Gasteiger partial charge in [0.1, 0.15) is 0 Å². The van der Waals surface area contributed by atoms with Gasteiger partial charge in [-0.15, -0.1) is 0 Å². The van der Waals surface area contributed by atoms with Crippen LogP contribution in [0.2, 0.25) is 0 Å². The fourth-order valence-electron chi connectivity index (χ4n) is 2.38. The third-order valence-electron chi connectivity index (χ3n) is 3.61. The SMILES string of the molecule is Cc1ccc(NS(=O)(=O)C[C@@H](C)c2ccccc2)cc1C(N)=O. The number of benzene rings is 2. The van der Waals surface area contributed by atoms with E-state index in [4.69, 9.17) is 5.73 Å². The number of nitrogens with two attached hydrogens (primary N) is 1. The Labute approximate surface area is 136 Å². The standard InChI is InChI=1S/C17H20N2O3S/c1-12-8-9-15(10-16(12)17(18)20)19-23(21,22)11-13(2)14-6-4-3-5-7-14/h3-10,13,19H,11H2,1-2H3,(H2,18,20)/t13-/m1/s1. The van der Waals surface area contributed by atoms with E-state index in [0.29, 0.717) is 16.8 Å². The van der Waals surface area contributed by atoms with Gasteiger partial charge in [-0.1, -0.05) is 43.3 Å². The van der Waals surface area contributed by atoms with Gasteiger partial charge in [-0.05, 0) is 36.1 Å². The van der Waals surface area contributed by atoms with E-state index >= 15 is 0 Å². The third-order valence-corrected chi connectivity index (χ3v) is 5.10. The third kappa shape index (κ3) is 4.56. The maximum atomic E-state index is 12.3. The number of anilines is 1. The largest absolute Gasteiger partial charge is 0.366 e. The highest BCUT2D eigenvalue weighted by Crippen LogP contribution is 2.20. The Morgan fingerprint density at radius 3 is 2.43 bits per heavy atom. The van der Waals surface area contributed by atoms with Crippen molar-refractivity contribution in [3.05, 3.63) is 65.2 Å². The lowest BCUT2D eigenvalue weighted by atomic mass is 10.0. The van der Waals surface area contributed by atoms with E-state index < -0.39 is 15.9 Å². The molecule has 0 saturated heterocycles. The highest BCUT2D eigenvalue weighted by Gasteiger charge is 2.18. The molecule has 3 N–H and O–H groups in total. The van der Waals surface area contributed by atoms with Crippen LogP contribution in [0.15, 0.2) is 48.5 Å². The molecule has 2 rings (SSSR count).